The van der Waals surface area contributed by atoms with E-state index in [2.05, 4.69) is 32.1 Å². The van der Waals surface area contributed by atoms with E-state index in [0.717, 1.165) is 13.1 Å². The van der Waals surface area contributed by atoms with Crippen LogP contribution >= 0.6 is 11.6 Å². The molecule has 1 aromatic rings. The molecule has 1 fully saturated rings. The molecule has 7 heteroatoms. The molecule has 1 unspecified atom stereocenters. The van der Waals surface area contributed by atoms with Gasteiger partial charge in [0, 0.05) is 13.1 Å². The van der Waals surface area contributed by atoms with E-state index in [9.17, 15) is 0 Å². The third-order valence-electron chi connectivity index (χ3n) is 3.00. The molecule has 2 heterocycles. The summed E-state index contributed by atoms with van der Waals surface area (Å²) in [7, 11) is 0. The Balaban J connectivity index is 1.79. The Labute approximate surface area is 112 Å². The Morgan fingerprint density at radius 1 is 1.33 bits per heavy atom. The van der Waals surface area contributed by atoms with Gasteiger partial charge in [-0.1, -0.05) is 6.92 Å². The minimum Gasteiger partial charge on any atom is -0.368 e. The molecule has 18 heavy (non-hydrogen) atoms. The van der Waals surface area contributed by atoms with Crippen LogP contribution in [0.4, 0.5) is 11.9 Å². The molecule has 0 bridgehead atoms. The average molecular weight is 271 g/mol. The Morgan fingerprint density at radius 3 is 2.72 bits per heavy atom. The Bertz CT molecular complexity index is 373. The molecule has 1 aliphatic heterocycles. The Kier molecular flexibility index (Phi) is 4.54. The molecule has 0 radical (unpaired) electrons. The van der Waals surface area contributed by atoms with Gasteiger partial charge < -0.3 is 16.0 Å². The topological polar surface area (TPSA) is 80.0 Å². The second-order valence-corrected chi connectivity index (χ2v) is 5.12. The first-order valence-corrected chi connectivity index (χ1v) is 6.64. The fourth-order valence-electron chi connectivity index (χ4n) is 2.18. The smallest absolute Gasteiger partial charge is 0.228 e. The van der Waals surface area contributed by atoms with Crippen molar-refractivity contribution in [1.82, 2.24) is 19.9 Å². The number of hydrogen-bond acceptors (Lipinski definition) is 6. The highest BCUT2D eigenvalue weighted by Gasteiger charge is 2.14. The number of nitrogens with two attached hydrogens (primary N) is 1. The number of anilines is 2. The maximum atomic E-state index is 5.71. The molecule has 6 nitrogen and oxygen atoms in total. The van der Waals surface area contributed by atoms with Gasteiger partial charge in [0.25, 0.3) is 0 Å². The third-order valence-corrected chi connectivity index (χ3v) is 3.17. The van der Waals surface area contributed by atoms with Crippen LogP contribution in [0.5, 0.6) is 0 Å². The molecule has 0 aromatic carbocycles. The summed E-state index contributed by atoms with van der Waals surface area (Å²) in [4.78, 5) is 14.2. The van der Waals surface area contributed by atoms with Crippen LogP contribution in [0.2, 0.25) is 5.28 Å². The van der Waals surface area contributed by atoms with E-state index in [1.54, 1.807) is 0 Å². The molecule has 1 atom stereocenters. The highest BCUT2D eigenvalue weighted by atomic mass is 35.5. The van der Waals surface area contributed by atoms with Crippen molar-refractivity contribution >= 4 is 23.5 Å². The zero-order valence-corrected chi connectivity index (χ0v) is 11.3. The van der Waals surface area contributed by atoms with Gasteiger partial charge in [-0.2, -0.15) is 15.0 Å². The summed E-state index contributed by atoms with van der Waals surface area (Å²) >= 11 is 5.71. The summed E-state index contributed by atoms with van der Waals surface area (Å²) in [6, 6.07) is 0. The largest absolute Gasteiger partial charge is 0.368 e. The molecular weight excluding hydrogens is 252 g/mol. The van der Waals surface area contributed by atoms with E-state index < -0.39 is 0 Å². The number of halogens is 1. The fraction of sp³-hybridized carbons (Fsp3) is 0.727. The van der Waals surface area contributed by atoms with Crippen molar-refractivity contribution in [3.8, 4) is 0 Å². The number of hydrogen-bond donors (Lipinski definition) is 2. The van der Waals surface area contributed by atoms with E-state index in [0.29, 0.717) is 11.9 Å². The number of aromatic nitrogens is 3. The van der Waals surface area contributed by atoms with Crippen molar-refractivity contribution < 1.29 is 0 Å². The number of rotatable bonds is 5. The van der Waals surface area contributed by atoms with Gasteiger partial charge in [-0.3, -0.25) is 0 Å². The molecule has 0 amide bonds. The summed E-state index contributed by atoms with van der Waals surface area (Å²) in [5.74, 6) is 1.12. The number of likely N-dealkylation sites (tertiary alicyclic amines) is 1. The molecule has 3 N–H and O–H groups in total. The lowest BCUT2D eigenvalue weighted by Gasteiger charge is -2.20. The molecule has 1 aromatic heterocycles. The predicted octanol–water partition coefficient (Wildman–Crippen LogP) is 1.25. The molecule has 2 rings (SSSR count). The second kappa shape index (κ2) is 6.15. The highest BCUT2D eigenvalue weighted by molar-refractivity contribution is 6.28. The van der Waals surface area contributed by atoms with Crippen molar-refractivity contribution in [2.24, 2.45) is 5.92 Å². The number of nitrogens with zero attached hydrogens (tertiary/aromatic N) is 4. The summed E-state index contributed by atoms with van der Waals surface area (Å²) < 4.78 is 0. The van der Waals surface area contributed by atoms with Gasteiger partial charge >= 0.3 is 0 Å². The first-order chi connectivity index (χ1) is 8.63. The van der Waals surface area contributed by atoms with Crippen molar-refractivity contribution in [2.75, 3.05) is 37.2 Å². The van der Waals surface area contributed by atoms with Gasteiger partial charge in [-0.05, 0) is 43.5 Å². The van der Waals surface area contributed by atoms with Crippen LogP contribution in [-0.2, 0) is 0 Å². The maximum Gasteiger partial charge on any atom is 0.228 e. The lowest BCUT2D eigenvalue weighted by Crippen LogP contribution is -2.29. The highest BCUT2D eigenvalue weighted by Crippen LogP contribution is 2.11. The maximum absolute atomic E-state index is 5.71. The summed E-state index contributed by atoms with van der Waals surface area (Å²) in [5.41, 5.74) is 5.50. The van der Waals surface area contributed by atoms with Crippen LogP contribution < -0.4 is 11.1 Å². The summed E-state index contributed by atoms with van der Waals surface area (Å²) in [5, 5.41) is 3.27. The van der Waals surface area contributed by atoms with Crippen LogP contribution in [0, 0.1) is 5.92 Å². The number of nitrogen functional groups attached to an aromatic ring is 1. The van der Waals surface area contributed by atoms with Crippen LogP contribution in [0.3, 0.4) is 0 Å². The first kappa shape index (κ1) is 13.3. The zero-order chi connectivity index (χ0) is 13.0. The minimum absolute atomic E-state index is 0.122. The predicted molar refractivity (Wildman–Crippen MR) is 72.6 cm³/mol. The molecule has 0 saturated carbocycles. The number of nitrogens with one attached hydrogen (secondary N) is 1. The van der Waals surface area contributed by atoms with E-state index in [-0.39, 0.29) is 11.2 Å². The monoisotopic (exact) mass is 270 g/mol. The Morgan fingerprint density at radius 2 is 2.06 bits per heavy atom. The normalized spacial score (nSPS) is 17.9. The van der Waals surface area contributed by atoms with Crippen LogP contribution in [0.15, 0.2) is 0 Å². The van der Waals surface area contributed by atoms with Gasteiger partial charge in [-0.15, -0.1) is 0 Å². The molecule has 1 saturated heterocycles. The van der Waals surface area contributed by atoms with Crippen molar-refractivity contribution in [3.05, 3.63) is 5.28 Å². The van der Waals surface area contributed by atoms with Crippen molar-refractivity contribution in [3.63, 3.8) is 0 Å². The van der Waals surface area contributed by atoms with Crippen molar-refractivity contribution in [2.45, 2.75) is 19.8 Å². The van der Waals surface area contributed by atoms with Gasteiger partial charge in [0.2, 0.25) is 17.2 Å². The van der Waals surface area contributed by atoms with Gasteiger partial charge in [0.15, 0.2) is 0 Å². The van der Waals surface area contributed by atoms with Gasteiger partial charge in [-0.25, -0.2) is 0 Å². The van der Waals surface area contributed by atoms with Crippen LogP contribution in [-0.4, -0.2) is 46.0 Å². The van der Waals surface area contributed by atoms with Gasteiger partial charge in [0.1, 0.15) is 0 Å². The van der Waals surface area contributed by atoms with E-state index in [4.69, 9.17) is 17.3 Å². The second-order valence-electron chi connectivity index (χ2n) is 4.78. The Hall–Kier alpha value is -1.14. The molecular formula is C11H19ClN6. The lowest BCUT2D eigenvalue weighted by molar-refractivity contribution is 0.294. The zero-order valence-electron chi connectivity index (χ0n) is 10.6. The summed E-state index contributed by atoms with van der Waals surface area (Å²) in [6.07, 6.45) is 2.64. The molecule has 1 aliphatic rings. The van der Waals surface area contributed by atoms with Crippen molar-refractivity contribution in [1.29, 1.82) is 0 Å². The fourth-order valence-corrected chi connectivity index (χ4v) is 2.35. The lowest BCUT2D eigenvalue weighted by atomic mass is 10.1. The van der Waals surface area contributed by atoms with Gasteiger partial charge in [0.05, 0.1) is 0 Å². The third kappa shape index (κ3) is 3.96. The van der Waals surface area contributed by atoms with E-state index in [1.165, 1.54) is 25.9 Å². The van der Waals surface area contributed by atoms with Crippen LogP contribution in [0.1, 0.15) is 19.8 Å². The SMILES string of the molecule is CC(CNc1nc(N)nc(Cl)n1)CN1CCCC1. The first-order valence-electron chi connectivity index (χ1n) is 6.27. The van der Waals surface area contributed by atoms with Crippen LogP contribution in [0.25, 0.3) is 0 Å². The molecule has 100 valence electrons. The quantitative estimate of drug-likeness (QED) is 0.838. The van der Waals surface area contributed by atoms with E-state index >= 15 is 0 Å². The molecule has 0 aliphatic carbocycles. The standard InChI is InChI=1S/C11H19ClN6/c1-8(7-18-4-2-3-5-18)6-14-11-16-9(12)15-10(13)17-11/h8H,2-7H2,1H3,(H3,13,14,15,16,17). The summed E-state index contributed by atoms with van der Waals surface area (Å²) in [6.45, 7) is 6.54. The minimum atomic E-state index is 0.122. The van der Waals surface area contributed by atoms with E-state index in [1.807, 2.05) is 0 Å². The molecule has 0 spiro atoms. The average Bonchev–Trinajstić information content (AvgIpc) is 2.78.